The van der Waals surface area contributed by atoms with Crippen LogP contribution in [0.25, 0.3) is 0 Å². The molecule has 0 radical (unpaired) electrons. The van der Waals surface area contributed by atoms with E-state index in [1.54, 1.807) is 19.2 Å². The standard InChI is InChI=1S/C26H34FN3O/c1-28-25(31)11-14-30-15-12-26(13-16-30,18-20-7-9-22(27)10-8-20)19-29-24-17-23(24)21-5-3-2-4-6-21/h2-10,23-24,29H,11-19H2,1H3,(H,28,31). The number of carbonyl (C=O) groups excluding carboxylic acids is 1. The van der Waals surface area contributed by atoms with Gasteiger partial charge in [0.1, 0.15) is 5.82 Å². The normalized spacial score (nSPS) is 22.8. The van der Waals surface area contributed by atoms with E-state index in [2.05, 4.69) is 45.9 Å². The van der Waals surface area contributed by atoms with Crippen LogP contribution in [0, 0.1) is 11.2 Å². The maximum absolute atomic E-state index is 13.4. The third kappa shape index (κ3) is 5.92. The fourth-order valence-corrected chi connectivity index (χ4v) is 4.92. The maximum atomic E-state index is 13.4. The van der Waals surface area contributed by atoms with Gasteiger partial charge in [-0.2, -0.15) is 0 Å². The molecule has 31 heavy (non-hydrogen) atoms. The van der Waals surface area contributed by atoms with Gasteiger partial charge in [0.05, 0.1) is 0 Å². The minimum absolute atomic E-state index is 0.102. The summed E-state index contributed by atoms with van der Waals surface area (Å²) < 4.78 is 13.4. The van der Waals surface area contributed by atoms with Crippen molar-refractivity contribution in [2.45, 2.75) is 44.1 Å². The number of amides is 1. The number of benzene rings is 2. The van der Waals surface area contributed by atoms with Crippen LogP contribution in [0.4, 0.5) is 4.39 Å². The van der Waals surface area contributed by atoms with Gasteiger partial charge in [0.25, 0.3) is 0 Å². The molecule has 2 aliphatic rings. The van der Waals surface area contributed by atoms with Crippen LogP contribution in [-0.2, 0) is 11.2 Å². The van der Waals surface area contributed by atoms with Gasteiger partial charge in [0.2, 0.25) is 5.91 Å². The highest BCUT2D eigenvalue weighted by Crippen LogP contribution is 2.42. The highest BCUT2D eigenvalue weighted by Gasteiger charge is 2.41. The maximum Gasteiger partial charge on any atom is 0.221 e. The zero-order valence-corrected chi connectivity index (χ0v) is 18.4. The molecular formula is C26H34FN3O. The van der Waals surface area contributed by atoms with Gasteiger partial charge in [-0.1, -0.05) is 42.5 Å². The first kappa shape index (κ1) is 22.0. The number of halogens is 1. The predicted molar refractivity (Wildman–Crippen MR) is 122 cm³/mol. The van der Waals surface area contributed by atoms with Gasteiger partial charge in [-0.05, 0) is 67.4 Å². The van der Waals surface area contributed by atoms with Crippen LogP contribution in [0.3, 0.4) is 0 Å². The smallest absolute Gasteiger partial charge is 0.221 e. The number of nitrogens with one attached hydrogen (secondary N) is 2. The summed E-state index contributed by atoms with van der Waals surface area (Å²) in [4.78, 5) is 14.0. The highest BCUT2D eigenvalue weighted by atomic mass is 19.1. The molecule has 2 aromatic carbocycles. The van der Waals surface area contributed by atoms with Crippen molar-refractivity contribution in [3.63, 3.8) is 0 Å². The number of rotatable bonds is 9. The molecule has 1 aliphatic heterocycles. The molecule has 1 amide bonds. The summed E-state index contributed by atoms with van der Waals surface area (Å²) in [7, 11) is 1.69. The Bertz CT molecular complexity index is 847. The molecule has 166 valence electrons. The quantitative estimate of drug-likeness (QED) is 0.646. The van der Waals surface area contributed by atoms with Crippen molar-refractivity contribution in [3.05, 3.63) is 71.5 Å². The van der Waals surface area contributed by atoms with E-state index < -0.39 is 0 Å². The molecule has 1 saturated carbocycles. The molecule has 0 aromatic heterocycles. The van der Waals surface area contributed by atoms with E-state index in [1.807, 2.05) is 12.1 Å². The first-order chi connectivity index (χ1) is 15.1. The SMILES string of the molecule is CNC(=O)CCN1CCC(CNC2CC2c2ccccc2)(Cc2ccc(F)cc2)CC1. The molecule has 2 N–H and O–H groups in total. The first-order valence-corrected chi connectivity index (χ1v) is 11.5. The molecule has 4 rings (SSSR count). The third-order valence-electron chi connectivity index (χ3n) is 7.10. The van der Waals surface area contributed by atoms with Gasteiger partial charge in [-0.15, -0.1) is 0 Å². The number of nitrogens with zero attached hydrogens (tertiary/aromatic N) is 1. The van der Waals surface area contributed by atoms with Crippen molar-refractivity contribution in [2.75, 3.05) is 33.2 Å². The van der Waals surface area contributed by atoms with E-state index >= 15 is 0 Å². The van der Waals surface area contributed by atoms with Crippen molar-refractivity contribution in [1.82, 2.24) is 15.5 Å². The lowest BCUT2D eigenvalue weighted by Crippen LogP contribution is -2.47. The number of hydrogen-bond acceptors (Lipinski definition) is 3. The Hall–Kier alpha value is -2.24. The van der Waals surface area contributed by atoms with Crippen LogP contribution < -0.4 is 10.6 Å². The second-order valence-corrected chi connectivity index (χ2v) is 9.31. The summed E-state index contributed by atoms with van der Waals surface area (Å²) in [5, 5.41) is 6.57. The number of piperidine rings is 1. The Labute approximate surface area is 185 Å². The summed E-state index contributed by atoms with van der Waals surface area (Å²) in [6, 6.07) is 18.3. The Balaban J connectivity index is 1.37. The molecular weight excluding hydrogens is 389 g/mol. The molecule has 0 spiro atoms. The fraction of sp³-hybridized carbons (Fsp3) is 0.500. The zero-order chi connectivity index (χ0) is 21.7. The molecule has 1 aliphatic carbocycles. The molecule has 1 heterocycles. The van der Waals surface area contributed by atoms with Crippen LogP contribution in [0.2, 0.25) is 0 Å². The molecule has 2 atom stereocenters. The van der Waals surface area contributed by atoms with Crippen molar-refractivity contribution in [1.29, 1.82) is 0 Å². The monoisotopic (exact) mass is 423 g/mol. The van der Waals surface area contributed by atoms with Crippen LogP contribution in [-0.4, -0.2) is 50.1 Å². The number of carbonyl (C=O) groups is 1. The summed E-state index contributed by atoms with van der Waals surface area (Å²) >= 11 is 0. The minimum Gasteiger partial charge on any atom is -0.359 e. The van der Waals surface area contributed by atoms with Gasteiger partial charge in [0.15, 0.2) is 0 Å². The predicted octanol–water partition coefficient (Wildman–Crippen LogP) is 3.73. The molecule has 2 unspecified atom stereocenters. The van der Waals surface area contributed by atoms with Crippen LogP contribution in [0.15, 0.2) is 54.6 Å². The summed E-state index contributed by atoms with van der Waals surface area (Å²) in [6.07, 6.45) is 4.91. The van der Waals surface area contributed by atoms with E-state index in [1.165, 1.54) is 17.5 Å². The molecule has 2 fully saturated rings. The van der Waals surface area contributed by atoms with Gasteiger partial charge < -0.3 is 15.5 Å². The highest BCUT2D eigenvalue weighted by molar-refractivity contribution is 5.75. The Morgan fingerprint density at radius 3 is 2.48 bits per heavy atom. The van der Waals surface area contributed by atoms with Gasteiger partial charge in [-0.3, -0.25) is 4.79 Å². The average molecular weight is 424 g/mol. The second kappa shape index (κ2) is 9.92. The van der Waals surface area contributed by atoms with Crippen LogP contribution >= 0.6 is 0 Å². The van der Waals surface area contributed by atoms with Gasteiger partial charge >= 0.3 is 0 Å². The largest absolute Gasteiger partial charge is 0.359 e. The number of hydrogen-bond donors (Lipinski definition) is 2. The van der Waals surface area contributed by atoms with E-state index in [0.29, 0.717) is 18.4 Å². The van der Waals surface area contributed by atoms with Crippen molar-refractivity contribution < 1.29 is 9.18 Å². The zero-order valence-electron chi connectivity index (χ0n) is 18.4. The minimum atomic E-state index is -0.177. The van der Waals surface area contributed by atoms with Crippen molar-refractivity contribution in [3.8, 4) is 0 Å². The lowest BCUT2D eigenvalue weighted by atomic mass is 9.73. The van der Waals surface area contributed by atoms with E-state index in [0.717, 1.165) is 45.4 Å². The Morgan fingerprint density at radius 1 is 1.10 bits per heavy atom. The van der Waals surface area contributed by atoms with E-state index in [9.17, 15) is 9.18 Å². The molecule has 5 heteroatoms. The summed E-state index contributed by atoms with van der Waals surface area (Å²) in [6.45, 7) is 3.82. The average Bonchev–Trinajstić information content (AvgIpc) is 3.59. The molecule has 2 aromatic rings. The molecule has 4 nitrogen and oxygen atoms in total. The second-order valence-electron chi connectivity index (χ2n) is 9.31. The number of likely N-dealkylation sites (tertiary alicyclic amines) is 1. The van der Waals surface area contributed by atoms with Crippen molar-refractivity contribution in [2.24, 2.45) is 5.41 Å². The molecule has 1 saturated heterocycles. The third-order valence-corrected chi connectivity index (χ3v) is 7.10. The summed E-state index contributed by atoms with van der Waals surface area (Å²) in [5.41, 5.74) is 2.81. The Kier molecular flexibility index (Phi) is 7.03. The van der Waals surface area contributed by atoms with Gasteiger partial charge in [0, 0.05) is 38.5 Å². The fourth-order valence-electron chi connectivity index (χ4n) is 4.92. The topological polar surface area (TPSA) is 44.4 Å². The van der Waals surface area contributed by atoms with Crippen LogP contribution in [0.5, 0.6) is 0 Å². The van der Waals surface area contributed by atoms with Gasteiger partial charge in [-0.25, -0.2) is 4.39 Å². The van der Waals surface area contributed by atoms with E-state index in [-0.39, 0.29) is 17.1 Å². The summed E-state index contributed by atoms with van der Waals surface area (Å²) in [5.74, 6) is 0.547. The van der Waals surface area contributed by atoms with E-state index in [4.69, 9.17) is 0 Å². The van der Waals surface area contributed by atoms with Crippen LogP contribution in [0.1, 0.15) is 42.7 Å². The molecule has 0 bridgehead atoms. The Morgan fingerprint density at radius 2 is 1.81 bits per heavy atom. The van der Waals surface area contributed by atoms with Crippen molar-refractivity contribution >= 4 is 5.91 Å². The first-order valence-electron chi connectivity index (χ1n) is 11.5. The lowest BCUT2D eigenvalue weighted by Gasteiger charge is -2.42. The lowest BCUT2D eigenvalue weighted by molar-refractivity contribution is -0.121.